The van der Waals surface area contributed by atoms with Crippen LogP contribution in [-0.2, 0) is 0 Å². The number of rotatable bonds is 2. The van der Waals surface area contributed by atoms with E-state index in [1.54, 1.807) is 18.2 Å². The summed E-state index contributed by atoms with van der Waals surface area (Å²) in [6.07, 6.45) is 0. The van der Waals surface area contributed by atoms with E-state index in [2.05, 4.69) is 50.3 Å². The van der Waals surface area contributed by atoms with Gasteiger partial charge in [0, 0.05) is 24.4 Å². The maximum absolute atomic E-state index is 11.8. The predicted octanol–water partition coefficient (Wildman–Crippen LogP) is 4.82. The molecule has 0 unspecified atom stereocenters. The molecule has 0 atom stereocenters. The fraction of sp³-hybridized carbons (Fsp3) is 0. The third-order valence-electron chi connectivity index (χ3n) is 2.04. The summed E-state index contributed by atoms with van der Waals surface area (Å²) in [6.45, 7) is 0. The summed E-state index contributed by atoms with van der Waals surface area (Å²) in [5.41, 5.74) is 1.20. The molecule has 0 heterocycles. The second kappa shape index (κ2) is 5.76. The zero-order valence-electron chi connectivity index (χ0n) is 8.68. The molecule has 0 aliphatic rings. The van der Waals surface area contributed by atoms with Crippen molar-refractivity contribution in [3.8, 4) is 0 Å². The van der Waals surface area contributed by atoms with Gasteiger partial charge in [0.2, 0.25) is 5.69 Å². The molecule has 86 valence electrons. The van der Waals surface area contributed by atoms with Crippen molar-refractivity contribution in [3.63, 3.8) is 0 Å². The summed E-state index contributed by atoms with van der Waals surface area (Å²) < 4.78 is 2.07. The molecule has 2 rings (SSSR count). The third-order valence-corrected chi connectivity index (χ3v) is 3.39. The molecule has 3 nitrogen and oxygen atoms in total. The summed E-state index contributed by atoms with van der Waals surface area (Å²) in [4.78, 5) is 0.646. The van der Waals surface area contributed by atoms with Gasteiger partial charge < -0.3 is 5.21 Å². The molecule has 0 aliphatic carbocycles. The van der Waals surface area contributed by atoms with E-state index in [4.69, 9.17) is 0 Å². The molecule has 0 bridgehead atoms. The highest BCUT2D eigenvalue weighted by atomic mass is 127. The lowest BCUT2D eigenvalue weighted by molar-refractivity contribution is -0.435. The maximum atomic E-state index is 11.8. The van der Waals surface area contributed by atoms with E-state index in [1.165, 1.54) is 0 Å². The van der Waals surface area contributed by atoms with Gasteiger partial charge in [0.1, 0.15) is 5.69 Å². The van der Waals surface area contributed by atoms with Crippen LogP contribution in [0.1, 0.15) is 0 Å². The minimum atomic E-state index is 0.538. The number of hydrogen-bond donors (Lipinski definition) is 0. The van der Waals surface area contributed by atoms with Crippen LogP contribution in [-0.4, -0.2) is 4.86 Å². The standard InChI is InChI=1S/C12H8I2N2O/c13-9-3-1-5-11(7-9)15-16(17)12-6-2-4-10(14)8-12/h1-8H. The molecule has 0 saturated carbocycles. The predicted molar refractivity (Wildman–Crippen MR) is 83.7 cm³/mol. The van der Waals surface area contributed by atoms with Crippen LogP contribution in [0.2, 0.25) is 0 Å². The Labute approximate surface area is 126 Å². The van der Waals surface area contributed by atoms with Crippen LogP contribution in [0.5, 0.6) is 0 Å². The van der Waals surface area contributed by atoms with Crippen molar-refractivity contribution in [2.24, 2.45) is 5.11 Å². The van der Waals surface area contributed by atoms with Crippen LogP contribution >= 0.6 is 45.2 Å². The molecule has 0 aliphatic heterocycles. The van der Waals surface area contributed by atoms with Gasteiger partial charge in [-0.2, -0.15) is 0 Å². The first kappa shape index (κ1) is 12.7. The molecular weight excluding hydrogens is 442 g/mol. The average Bonchev–Trinajstić information content (AvgIpc) is 2.29. The first-order valence-electron chi connectivity index (χ1n) is 4.85. The zero-order chi connectivity index (χ0) is 12.3. The molecule has 0 amide bonds. The summed E-state index contributed by atoms with van der Waals surface area (Å²) in [5, 5.41) is 15.8. The van der Waals surface area contributed by atoms with Crippen molar-refractivity contribution < 1.29 is 4.86 Å². The number of hydrogen-bond acceptors (Lipinski definition) is 2. The van der Waals surface area contributed by atoms with E-state index in [0.29, 0.717) is 16.2 Å². The van der Waals surface area contributed by atoms with Crippen LogP contribution < -0.4 is 0 Å². The van der Waals surface area contributed by atoms with Crippen LogP contribution in [0.15, 0.2) is 53.6 Å². The van der Waals surface area contributed by atoms with Crippen molar-refractivity contribution in [3.05, 3.63) is 60.9 Å². The Hall–Kier alpha value is -0.700. The number of benzene rings is 2. The Kier molecular flexibility index (Phi) is 4.32. The van der Waals surface area contributed by atoms with Gasteiger partial charge in [-0.15, -0.1) is 0 Å². The van der Waals surface area contributed by atoms with Gasteiger partial charge in [0.15, 0.2) is 0 Å². The fourth-order valence-corrected chi connectivity index (χ4v) is 2.35. The van der Waals surface area contributed by atoms with Crippen molar-refractivity contribution in [1.82, 2.24) is 0 Å². The van der Waals surface area contributed by atoms with E-state index in [9.17, 15) is 5.21 Å². The molecule has 0 N–H and O–H groups in total. The average molecular weight is 450 g/mol. The molecule has 0 fully saturated rings. The van der Waals surface area contributed by atoms with E-state index < -0.39 is 0 Å². The van der Waals surface area contributed by atoms with Crippen molar-refractivity contribution >= 4 is 56.6 Å². The summed E-state index contributed by atoms with van der Waals surface area (Å²) in [7, 11) is 0. The van der Waals surface area contributed by atoms with Gasteiger partial charge in [0.25, 0.3) is 0 Å². The van der Waals surface area contributed by atoms with E-state index in [1.807, 2.05) is 30.3 Å². The van der Waals surface area contributed by atoms with Gasteiger partial charge in [-0.3, -0.25) is 0 Å². The summed E-state index contributed by atoms with van der Waals surface area (Å²) in [6, 6.07) is 14.8. The number of halogens is 2. The molecule has 17 heavy (non-hydrogen) atoms. The lowest BCUT2D eigenvalue weighted by Gasteiger charge is -2.00. The first-order valence-corrected chi connectivity index (χ1v) is 7.01. The van der Waals surface area contributed by atoms with Crippen molar-refractivity contribution in [1.29, 1.82) is 0 Å². The highest BCUT2D eigenvalue weighted by Crippen LogP contribution is 2.20. The highest BCUT2D eigenvalue weighted by Gasteiger charge is 2.04. The van der Waals surface area contributed by atoms with E-state index >= 15 is 0 Å². The van der Waals surface area contributed by atoms with Crippen LogP contribution in [0.4, 0.5) is 11.4 Å². The van der Waals surface area contributed by atoms with E-state index in [-0.39, 0.29) is 0 Å². The SMILES string of the molecule is [O-][N+](=Nc1cccc(I)c1)c1cccc(I)c1. The quantitative estimate of drug-likeness (QED) is 0.280. The van der Waals surface area contributed by atoms with Crippen LogP contribution in [0.25, 0.3) is 0 Å². The monoisotopic (exact) mass is 450 g/mol. The Balaban J connectivity index is 2.34. The Morgan fingerprint density at radius 3 is 2.24 bits per heavy atom. The highest BCUT2D eigenvalue weighted by molar-refractivity contribution is 14.1. The molecule has 0 saturated heterocycles. The molecule has 0 aromatic heterocycles. The van der Waals surface area contributed by atoms with Gasteiger partial charge in [0.05, 0.1) is 0 Å². The smallest absolute Gasteiger partial charge is 0.245 e. The number of azo groups is 1. The Bertz CT molecular complexity index is 570. The Morgan fingerprint density at radius 1 is 0.941 bits per heavy atom. The lowest BCUT2D eigenvalue weighted by Crippen LogP contribution is -1.90. The Morgan fingerprint density at radius 2 is 1.59 bits per heavy atom. The van der Waals surface area contributed by atoms with Gasteiger partial charge in [-0.1, -0.05) is 17.0 Å². The lowest BCUT2D eigenvalue weighted by atomic mass is 10.3. The first-order chi connectivity index (χ1) is 8.15. The number of nitrogens with zero attached hydrogens (tertiary/aromatic N) is 2. The molecule has 0 radical (unpaired) electrons. The topological polar surface area (TPSA) is 38.4 Å². The van der Waals surface area contributed by atoms with Crippen molar-refractivity contribution in [2.45, 2.75) is 0 Å². The van der Waals surface area contributed by atoms with Crippen LogP contribution in [0.3, 0.4) is 0 Å². The second-order valence-electron chi connectivity index (χ2n) is 3.33. The van der Waals surface area contributed by atoms with Gasteiger partial charge in [-0.25, -0.2) is 0 Å². The fourth-order valence-electron chi connectivity index (χ4n) is 1.30. The minimum Gasteiger partial charge on any atom is -0.594 e. The van der Waals surface area contributed by atoms with Crippen LogP contribution in [0, 0.1) is 12.3 Å². The van der Waals surface area contributed by atoms with Gasteiger partial charge in [-0.05, 0) is 69.4 Å². The third kappa shape index (κ3) is 3.63. The van der Waals surface area contributed by atoms with Gasteiger partial charge >= 0.3 is 0 Å². The van der Waals surface area contributed by atoms with Crippen molar-refractivity contribution in [2.75, 3.05) is 0 Å². The second-order valence-corrected chi connectivity index (χ2v) is 5.82. The summed E-state index contributed by atoms with van der Waals surface area (Å²) in [5.74, 6) is 0. The molecular formula is C12H8I2N2O. The molecule has 0 spiro atoms. The summed E-state index contributed by atoms with van der Waals surface area (Å²) >= 11 is 4.36. The molecule has 2 aromatic carbocycles. The maximum Gasteiger partial charge on any atom is 0.245 e. The molecule has 2 aromatic rings. The normalized spacial score (nSPS) is 11.5. The zero-order valence-corrected chi connectivity index (χ0v) is 13.0. The molecule has 5 heteroatoms. The minimum absolute atomic E-state index is 0.538. The van der Waals surface area contributed by atoms with E-state index in [0.717, 1.165) is 7.14 Å². The largest absolute Gasteiger partial charge is 0.594 e.